The van der Waals surface area contributed by atoms with Crippen LogP contribution in [0.5, 0.6) is 5.75 Å². The molecule has 37 heavy (non-hydrogen) atoms. The maximum absolute atomic E-state index is 13.3. The van der Waals surface area contributed by atoms with E-state index in [-0.39, 0.29) is 11.2 Å². The molecule has 0 radical (unpaired) electrons. The fourth-order valence-corrected chi connectivity index (χ4v) is 5.87. The van der Waals surface area contributed by atoms with Crippen molar-refractivity contribution in [1.82, 2.24) is 14.8 Å². The molecule has 0 saturated heterocycles. The van der Waals surface area contributed by atoms with Crippen LogP contribution in [0.1, 0.15) is 76.1 Å². The lowest BCUT2D eigenvalue weighted by Crippen LogP contribution is -2.31. The summed E-state index contributed by atoms with van der Waals surface area (Å²) in [6.07, 6.45) is 3.25. The van der Waals surface area contributed by atoms with Gasteiger partial charge in [0.05, 0.1) is 0 Å². The van der Waals surface area contributed by atoms with Crippen molar-refractivity contribution >= 4 is 39.4 Å². The minimum atomic E-state index is -0.390. The van der Waals surface area contributed by atoms with Gasteiger partial charge < -0.3 is 10.1 Å². The van der Waals surface area contributed by atoms with Crippen LogP contribution in [-0.4, -0.2) is 26.3 Å². The van der Waals surface area contributed by atoms with Crippen LogP contribution < -0.4 is 10.1 Å². The topological polar surface area (TPSA) is 69.0 Å². The van der Waals surface area contributed by atoms with E-state index in [0.29, 0.717) is 19.0 Å². The lowest BCUT2D eigenvalue weighted by Gasteiger charge is -2.33. The van der Waals surface area contributed by atoms with Crippen molar-refractivity contribution in [3.63, 3.8) is 0 Å². The zero-order valence-electron chi connectivity index (χ0n) is 21.8. The Morgan fingerprint density at radius 2 is 1.95 bits per heavy atom. The molecule has 0 bridgehead atoms. The molecular formula is C29H33BrN4O2S. The van der Waals surface area contributed by atoms with Crippen LogP contribution in [0.15, 0.2) is 63.4 Å². The number of nitrogens with one attached hydrogen (secondary N) is 1. The molecular weight excluding hydrogens is 548 g/mol. The first-order chi connectivity index (χ1) is 17.7. The number of hydrogen-bond donors (Lipinski definition) is 1. The Morgan fingerprint density at radius 3 is 2.68 bits per heavy atom. The number of hydrogen-bond acceptors (Lipinski definition) is 6. The maximum Gasteiger partial charge on any atom is 0.227 e. The van der Waals surface area contributed by atoms with Crippen LogP contribution in [-0.2, 0) is 16.8 Å². The van der Waals surface area contributed by atoms with E-state index in [1.54, 1.807) is 11.8 Å². The third-order valence-corrected chi connectivity index (χ3v) is 8.30. The summed E-state index contributed by atoms with van der Waals surface area (Å²) in [6.45, 7) is 9.22. The number of halogens is 1. The number of rotatable bonds is 7. The smallest absolute Gasteiger partial charge is 0.227 e. The number of aromatic nitrogens is 3. The highest BCUT2D eigenvalue weighted by atomic mass is 79.9. The molecule has 1 aliphatic heterocycles. The van der Waals surface area contributed by atoms with E-state index in [9.17, 15) is 4.79 Å². The summed E-state index contributed by atoms with van der Waals surface area (Å²) in [7, 11) is 0. The van der Waals surface area contributed by atoms with Gasteiger partial charge in [-0.1, -0.05) is 79.7 Å². The zero-order valence-corrected chi connectivity index (χ0v) is 24.2. The Bertz CT molecular complexity index is 1340. The number of benzene rings is 2. The summed E-state index contributed by atoms with van der Waals surface area (Å²) >= 11 is 5.28. The largest absolute Gasteiger partial charge is 0.489 e. The molecule has 8 heteroatoms. The predicted molar refractivity (Wildman–Crippen MR) is 152 cm³/mol. The van der Waals surface area contributed by atoms with Crippen molar-refractivity contribution in [1.29, 1.82) is 0 Å². The standard InChI is InChI=1S/C29H33BrN4O2S/c1-5-15-37-28-32-27-31-22-7-6-8-23(35)25(22)26(34(27)33-28)21-16-20(30)13-14-24(21)36-17-18-9-11-19(12-10-18)29(2,3)4/h9-14,16,26H,5-8,15,17H2,1-4H3,(H,31,32,33). The van der Waals surface area contributed by atoms with Crippen molar-refractivity contribution in [2.45, 2.75) is 76.6 Å². The van der Waals surface area contributed by atoms with Crippen LogP contribution in [0, 0.1) is 0 Å². The van der Waals surface area contributed by atoms with E-state index < -0.39 is 6.04 Å². The van der Waals surface area contributed by atoms with E-state index in [1.165, 1.54) is 5.56 Å². The maximum atomic E-state index is 13.3. The number of ketones is 1. The van der Waals surface area contributed by atoms with Gasteiger partial charge >= 0.3 is 0 Å². The van der Waals surface area contributed by atoms with Crippen LogP contribution >= 0.6 is 27.7 Å². The zero-order chi connectivity index (χ0) is 26.2. The Morgan fingerprint density at radius 1 is 1.16 bits per heavy atom. The van der Waals surface area contributed by atoms with Crippen molar-refractivity contribution < 1.29 is 9.53 Å². The van der Waals surface area contributed by atoms with E-state index >= 15 is 0 Å². The number of fused-ring (bicyclic) bond motifs is 1. The second-order valence-corrected chi connectivity index (χ2v) is 12.6. The number of anilines is 1. The number of carbonyl (C=O) groups is 1. The molecule has 1 aromatic heterocycles. The lowest BCUT2D eigenvalue weighted by molar-refractivity contribution is -0.116. The van der Waals surface area contributed by atoms with Gasteiger partial charge in [0.15, 0.2) is 5.78 Å². The van der Waals surface area contributed by atoms with Crippen LogP contribution in [0.3, 0.4) is 0 Å². The Hall–Kier alpha value is -2.58. The molecule has 0 amide bonds. The molecule has 0 saturated carbocycles. The molecule has 5 rings (SSSR count). The molecule has 0 fully saturated rings. The van der Waals surface area contributed by atoms with E-state index in [2.05, 4.69) is 73.2 Å². The van der Waals surface area contributed by atoms with Crippen LogP contribution in [0.25, 0.3) is 0 Å². The molecule has 1 N–H and O–H groups in total. The van der Waals surface area contributed by atoms with Crippen molar-refractivity contribution in [3.05, 3.63) is 74.9 Å². The van der Waals surface area contributed by atoms with Gasteiger partial charge in [-0.3, -0.25) is 4.79 Å². The predicted octanol–water partition coefficient (Wildman–Crippen LogP) is 7.44. The first kappa shape index (κ1) is 26.0. The van der Waals surface area contributed by atoms with Gasteiger partial charge in [0.2, 0.25) is 11.1 Å². The number of Topliss-reactive ketones (excluding diaryl/α,β-unsaturated/α-hetero) is 1. The van der Waals surface area contributed by atoms with Gasteiger partial charge in [0.25, 0.3) is 0 Å². The number of nitrogens with zero attached hydrogens (tertiary/aromatic N) is 3. The average molecular weight is 582 g/mol. The highest BCUT2D eigenvalue weighted by Gasteiger charge is 2.38. The minimum Gasteiger partial charge on any atom is -0.489 e. The Labute approximate surface area is 231 Å². The van der Waals surface area contributed by atoms with Crippen molar-refractivity contribution in [2.75, 3.05) is 11.1 Å². The summed E-state index contributed by atoms with van der Waals surface area (Å²) in [6, 6.07) is 14.2. The summed E-state index contributed by atoms with van der Waals surface area (Å²) in [4.78, 5) is 18.0. The number of thioether (sulfide) groups is 1. The molecule has 194 valence electrons. The summed E-state index contributed by atoms with van der Waals surface area (Å²) in [5.74, 6) is 2.52. The highest BCUT2D eigenvalue weighted by Crippen LogP contribution is 2.44. The minimum absolute atomic E-state index is 0.106. The summed E-state index contributed by atoms with van der Waals surface area (Å²) in [5.41, 5.74) is 5.13. The first-order valence-electron chi connectivity index (χ1n) is 12.9. The van der Waals surface area contributed by atoms with Gasteiger partial charge in [-0.15, -0.1) is 5.10 Å². The third-order valence-electron chi connectivity index (χ3n) is 6.76. The number of allylic oxidation sites excluding steroid dienone is 2. The monoisotopic (exact) mass is 580 g/mol. The lowest BCUT2D eigenvalue weighted by atomic mass is 9.85. The first-order valence-corrected chi connectivity index (χ1v) is 14.7. The molecule has 2 heterocycles. The third kappa shape index (κ3) is 5.50. The fourth-order valence-electron chi connectivity index (χ4n) is 4.81. The second kappa shape index (κ2) is 10.7. The molecule has 6 nitrogen and oxygen atoms in total. The molecule has 1 aliphatic carbocycles. The summed E-state index contributed by atoms with van der Waals surface area (Å²) < 4.78 is 9.21. The highest BCUT2D eigenvalue weighted by molar-refractivity contribution is 9.10. The van der Waals surface area contributed by atoms with Gasteiger partial charge in [0, 0.05) is 33.5 Å². The fraction of sp³-hybridized carbons (Fsp3) is 0.414. The average Bonchev–Trinajstić information content (AvgIpc) is 3.28. The van der Waals surface area contributed by atoms with Crippen LogP contribution in [0.4, 0.5) is 5.95 Å². The Balaban J connectivity index is 1.52. The second-order valence-electron chi connectivity index (χ2n) is 10.6. The molecule has 2 aromatic carbocycles. The molecule has 3 aromatic rings. The van der Waals surface area contributed by atoms with Gasteiger partial charge in [0.1, 0.15) is 18.4 Å². The van der Waals surface area contributed by atoms with E-state index in [1.807, 2.05) is 22.9 Å². The molecule has 2 aliphatic rings. The number of ether oxygens (including phenoxy) is 1. The van der Waals surface area contributed by atoms with E-state index in [4.69, 9.17) is 14.8 Å². The van der Waals surface area contributed by atoms with Gasteiger partial charge in [-0.05, 0) is 54.0 Å². The van der Waals surface area contributed by atoms with Crippen molar-refractivity contribution in [2.24, 2.45) is 0 Å². The quantitative estimate of drug-likeness (QED) is 0.293. The Kier molecular flexibility index (Phi) is 7.50. The van der Waals surface area contributed by atoms with Gasteiger partial charge in [-0.25, -0.2) is 4.68 Å². The van der Waals surface area contributed by atoms with Crippen LogP contribution in [0.2, 0.25) is 0 Å². The normalized spacial score (nSPS) is 17.3. The van der Waals surface area contributed by atoms with Crippen molar-refractivity contribution in [3.8, 4) is 5.75 Å². The number of carbonyl (C=O) groups excluding carboxylic acids is 1. The van der Waals surface area contributed by atoms with Gasteiger partial charge in [-0.2, -0.15) is 4.98 Å². The molecule has 1 unspecified atom stereocenters. The molecule has 0 spiro atoms. The SMILES string of the molecule is CCCSc1nc2n(n1)C(c1cc(Br)ccc1OCc1ccc(C(C)(C)C)cc1)C1=C(CCCC1=O)N2. The summed E-state index contributed by atoms with van der Waals surface area (Å²) in [5, 5.41) is 8.98. The van der Waals surface area contributed by atoms with E-state index in [0.717, 1.165) is 62.8 Å². The molecule has 1 atom stereocenters.